The number of imide groups is 1. The van der Waals surface area contributed by atoms with Gasteiger partial charge in [0.05, 0.1) is 12.2 Å². The van der Waals surface area contributed by atoms with Crippen molar-refractivity contribution in [3.8, 4) is 0 Å². The molecule has 17 nitrogen and oxygen atoms in total. The largest absolute Gasteiger partial charge is 0.371 e. The van der Waals surface area contributed by atoms with Crippen LogP contribution in [0, 0.1) is 5.41 Å². The van der Waals surface area contributed by atoms with E-state index in [1.165, 1.54) is 4.90 Å². The number of rotatable bonds is 8. The molecule has 310 valence electrons. The number of benzene rings is 2. The summed E-state index contributed by atoms with van der Waals surface area (Å²) in [6.07, 6.45) is 6.68. The summed E-state index contributed by atoms with van der Waals surface area (Å²) in [5.74, 6) is -1.07. The normalized spacial score (nSPS) is 24.5. The maximum Gasteiger partial charge on any atom is 0.320 e. The number of aliphatic hydroxyl groups is 1. The molecule has 5 saturated heterocycles. The van der Waals surface area contributed by atoms with E-state index in [-0.39, 0.29) is 41.9 Å². The Bertz CT molecular complexity index is 2180. The van der Waals surface area contributed by atoms with E-state index in [1.54, 1.807) is 17.2 Å². The average molecular weight is 806 g/mol. The summed E-state index contributed by atoms with van der Waals surface area (Å²) in [6, 6.07) is 12.9. The lowest BCUT2D eigenvalue weighted by Crippen LogP contribution is -2.53. The van der Waals surface area contributed by atoms with E-state index in [1.807, 2.05) is 36.2 Å². The summed E-state index contributed by atoms with van der Waals surface area (Å²) in [4.78, 5) is 83.7. The van der Waals surface area contributed by atoms with Crippen LogP contribution in [0.3, 0.4) is 0 Å². The highest BCUT2D eigenvalue weighted by Crippen LogP contribution is 2.44. The number of hydrogen-bond acceptors (Lipinski definition) is 12. The summed E-state index contributed by atoms with van der Waals surface area (Å²) in [5, 5.41) is 16.8. The zero-order chi connectivity index (χ0) is 41.0. The molecule has 7 heterocycles. The van der Waals surface area contributed by atoms with Crippen LogP contribution in [0.4, 0.5) is 33.5 Å². The molecule has 5 fully saturated rings. The minimum Gasteiger partial charge on any atom is -0.371 e. The highest BCUT2D eigenvalue weighted by molar-refractivity contribution is 6.06. The Morgan fingerprint density at radius 3 is 2.39 bits per heavy atom. The summed E-state index contributed by atoms with van der Waals surface area (Å²) < 4.78 is 0. The molecule has 6 aliphatic rings. The Morgan fingerprint density at radius 1 is 0.898 bits per heavy atom. The van der Waals surface area contributed by atoms with Crippen LogP contribution in [-0.2, 0) is 9.59 Å². The molecule has 0 radical (unpaired) electrons. The summed E-state index contributed by atoms with van der Waals surface area (Å²) in [6.45, 7) is 6.39. The van der Waals surface area contributed by atoms with Gasteiger partial charge in [0.25, 0.3) is 11.8 Å². The van der Waals surface area contributed by atoms with Crippen LogP contribution >= 0.6 is 0 Å². The number of fused-ring (bicyclic) bond motifs is 1. The number of urea groups is 1. The van der Waals surface area contributed by atoms with E-state index in [4.69, 9.17) is 10.7 Å². The quantitative estimate of drug-likeness (QED) is 0.243. The maximum absolute atomic E-state index is 13.3. The van der Waals surface area contributed by atoms with E-state index in [0.717, 1.165) is 94.9 Å². The van der Waals surface area contributed by atoms with E-state index >= 15 is 0 Å². The summed E-state index contributed by atoms with van der Waals surface area (Å²) in [7, 11) is 1.83. The number of nitrogens with one attached hydrogen (secondary N) is 2. The van der Waals surface area contributed by atoms with Crippen LogP contribution in [0.2, 0.25) is 0 Å². The molecule has 59 heavy (non-hydrogen) atoms. The van der Waals surface area contributed by atoms with E-state index in [0.29, 0.717) is 35.9 Å². The second-order valence-electron chi connectivity index (χ2n) is 16.9. The molecule has 0 aliphatic carbocycles. The molecule has 5 N–H and O–H groups in total. The number of amides is 6. The number of anilines is 5. The fraction of sp³-hybridized carbons (Fsp3) is 0.500. The van der Waals surface area contributed by atoms with Crippen molar-refractivity contribution in [2.24, 2.45) is 11.1 Å². The Morgan fingerprint density at radius 2 is 1.66 bits per heavy atom. The Kier molecular flexibility index (Phi) is 10.0. The Hall–Kier alpha value is -5.97. The van der Waals surface area contributed by atoms with Gasteiger partial charge in [0.2, 0.25) is 11.8 Å². The van der Waals surface area contributed by atoms with Crippen LogP contribution in [-0.4, -0.2) is 131 Å². The molecule has 9 rings (SSSR count). The van der Waals surface area contributed by atoms with Crippen molar-refractivity contribution in [3.05, 3.63) is 65.5 Å². The van der Waals surface area contributed by atoms with Crippen molar-refractivity contribution in [3.63, 3.8) is 0 Å². The predicted octanol–water partition coefficient (Wildman–Crippen LogP) is 2.79. The smallest absolute Gasteiger partial charge is 0.320 e. The number of nitrogens with two attached hydrogens (primary N) is 1. The molecule has 0 bridgehead atoms. The summed E-state index contributed by atoms with van der Waals surface area (Å²) >= 11 is 0. The topological polar surface area (TPSA) is 201 Å². The van der Waals surface area contributed by atoms with Gasteiger partial charge in [-0.3, -0.25) is 29.4 Å². The fourth-order valence-corrected chi connectivity index (χ4v) is 10.0. The minimum atomic E-state index is -1.25. The second kappa shape index (κ2) is 15.3. The molecule has 17 heteroatoms. The second-order valence-corrected chi connectivity index (χ2v) is 16.9. The number of primary amides is 1. The van der Waals surface area contributed by atoms with Crippen molar-refractivity contribution in [2.75, 3.05) is 79.4 Å². The molecule has 6 aliphatic heterocycles. The molecule has 2 unspecified atom stereocenters. The van der Waals surface area contributed by atoms with Gasteiger partial charge in [0.1, 0.15) is 11.9 Å². The Labute approximate surface area is 342 Å². The zero-order valence-electron chi connectivity index (χ0n) is 33.3. The number of carbonyl (C=O) groups excluding carboxylic acids is 5. The molecule has 1 aromatic heterocycles. The van der Waals surface area contributed by atoms with Crippen LogP contribution in [0.5, 0.6) is 0 Å². The van der Waals surface area contributed by atoms with Crippen molar-refractivity contribution < 1.29 is 29.1 Å². The number of likely N-dealkylation sites (N-methyl/N-ethyl adjacent to an activating group) is 1. The third-order valence-corrected chi connectivity index (χ3v) is 13.3. The lowest BCUT2D eigenvalue weighted by molar-refractivity contribution is -0.139. The number of aromatic nitrogens is 2. The van der Waals surface area contributed by atoms with Gasteiger partial charge in [-0.15, -0.1) is 0 Å². The monoisotopic (exact) mass is 805 g/mol. The number of carbonyl (C=O) groups is 5. The molecular weight excluding hydrogens is 755 g/mol. The van der Waals surface area contributed by atoms with Gasteiger partial charge in [-0.25, -0.2) is 14.8 Å². The highest BCUT2D eigenvalue weighted by atomic mass is 16.3. The Balaban J connectivity index is 0.829. The zero-order valence-corrected chi connectivity index (χ0v) is 33.3. The number of aliphatic hydroxyl groups excluding tert-OH is 1. The first-order valence-electron chi connectivity index (χ1n) is 20.8. The molecule has 2 aromatic carbocycles. The number of nitrogens with zero attached hydrogens (tertiary/aromatic N) is 8. The molecule has 3 atom stereocenters. The molecular formula is C42H51N11O6. The summed E-state index contributed by atoms with van der Waals surface area (Å²) in [5.41, 5.74) is 9.61. The molecule has 0 saturated carbocycles. The lowest BCUT2D eigenvalue weighted by Gasteiger charge is -2.49. The third-order valence-electron chi connectivity index (χ3n) is 13.3. The lowest BCUT2D eigenvalue weighted by atomic mass is 9.72. The molecule has 1 spiro atoms. The van der Waals surface area contributed by atoms with E-state index in [9.17, 15) is 29.1 Å². The number of piperidine rings is 4. The van der Waals surface area contributed by atoms with Gasteiger partial charge in [-0.2, -0.15) is 0 Å². The van der Waals surface area contributed by atoms with Crippen molar-refractivity contribution in [1.29, 1.82) is 0 Å². The van der Waals surface area contributed by atoms with E-state index < -0.39 is 30.0 Å². The van der Waals surface area contributed by atoms with E-state index in [2.05, 4.69) is 42.5 Å². The van der Waals surface area contributed by atoms with Gasteiger partial charge < -0.3 is 40.7 Å². The van der Waals surface area contributed by atoms with Gasteiger partial charge in [0.15, 0.2) is 17.7 Å². The fourth-order valence-electron chi connectivity index (χ4n) is 10.0. The number of hydrogen-bond donors (Lipinski definition) is 4. The van der Waals surface area contributed by atoms with Crippen LogP contribution in [0.1, 0.15) is 84.0 Å². The van der Waals surface area contributed by atoms with Crippen molar-refractivity contribution >= 4 is 58.4 Å². The highest BCUT2D eigenvalue weighted by Gasteiger charge is 2.45. The maximum atomic E-state index is 13.3. The average Bonchev–Trinajstić information content (AvgIpc) is 3.70. The molecule has 6 amide bonds. The first-order valence-corrected chi connectivity index (χ1v) is 20.8. The minimum absolute atomic E-state index is 0.0554. The first kappa shape index (κ1) is 38.5. The predicted molar refractivity (Wildman–Crippen MR) is 219 cm³/mol. The van der Waals surface area contributed by atoms with Crippen LogP contribution in [0.25, 0.3) is 0 Å². The SMILES string of the molecule is CN1CCN([C@@H]2CCCN(c3cnc(C(N)=O)c(Nc4ccc(N5CCC6(CCCN(c7ccc8c(c7)C(O)N(C7CCC(=O)NC7=O)C8=O)C6)CC5)cc4)n3)C2)C1=O. The van der Waals surface area contributed by atoms with Gasteiger partial charge in [-0.05, 0) is 92.8 Å². The first-order chi connectivity index (χ1) is 28.5. The van der Waals surface area contributed by atoms with Gasteiger partial charge in [0, 0.05) is 94.0 Å². The third kappa shape index (κ3) is 7.25. The van der Waals surface area contributed by atoms with Crippen molar-refractivity contribution in [1.82, 2.24) is 30.0 Å². The molecule has 3 aromatic rings. The standard InChI is InChI=1S/C42H51N11O6/c1-48-20-21-52(41(48)59)29-4-2-16-50(24-29)33-23-44-35(36(43)55)37(46-33)45-26-5-7-27(8-6-26)49-18-14-42(15-19-49)13-3-17-51(25-42)28-9-10-30-31(22-28)40(58)53(39(30)57)32-11-12-34(54)47-38(32)56/h5-10,22-23,29,32,40,58H,2-4,11-21,24-25H2,1H3,(H2,43,55)(H,45,46)(H,47,54,56)/t29-,32?,40?/m1/s1. The van der Waals surface area contributed by atoms with Crippen LogP contribution < -0.4 is 31.1 Å². The van der Waals surface area contributed by atoms with Gasteiger partial charge in [-0.1, -0.05) is 0 Å². The van der Waals surface area contributed by atoms with Gasteiger partial charge >= 0.3 is 6.03 Å². The van der Waals surface area contributed by atoms with Crippen molar-refractivity contribution in [2.45, 2.75) is 69.7 Å². The van der Waals surface area contributed by atoms with Crippen LogP contribution in [0.15, 0.2) is 48.7 Å².